The van der Waals surface area contributed by atoms with Crippen LogP contribution in [-0.2, 0) is 4.74 Å². The first-order valence-electron chi connectivity index (χ1n) is 4.97. The zero-order chi connectivity index (χ0) is 13.5. The van der Waals surface area contributed by atoms with E-state index < -0.39 is 11.0 Å². The lowest BCUT2D eigenvalue weighted by Gasteiger charge is -2.00. The van der Waals surface area contributed by atoms with Gasteiger partial charge in [-0.1, -0.05) is 0 Å². The predicted molar refractivity (Wildman–Crippen MR) is 62.5 cm³/mol. The highest BCUT2D eigenvalue weighted by Gasteiger charge is 2.08. The van der Waals surface area contributed by atoms with E-state index in [-0.39, 0.29) is 23.6 Å². The van der Waals surface area contributed by atoms with Gasteiger partial charge in [-0.2, -0.15) is 5.10 Å². The second-order valence-electron chi connectivity index (χ2n) is 3.09. The van der Waals surface area contributed by atoms with Gasteiger partial charge in [0.1, 0.15) is 5.75 Å². The molecule has 8 heteroatoms. The highest BCUT2D eigenvalue weighted by Crippen LogP contribution is 2.21. The number of ether oxygens (including phenoxy) is 1. The molecule has 1 amide bonds. The van der Waals surface area contributed by atoms with Gasteiger partial charge < -0.3 is 9.84 Å². The summed E-state index contributed by atoms with van der Waals surface area (Å²) in [6, 6.07) is 3.46. The molecule has 0 aliphatic carbocycles. The second kappa shape index (κ2) is 6.18. The Labute approximate surface area is 102 Å². The number of hydrazone groups is 1. The fourth-order valence-corrected chi connectivity index (χ4v) is 1.08. The van der Waals surface area contributed by atoms with E-state index in [2.05, 4.69) is 9.84 Å². The summed E-state index contributed by atoms with van der Waals surface area (Å²) in [4.78, 5) is 20.8. The molecule has 0 aromatic heterocycles. The second-order valence-corrected chi connectivity index (χ2v) is 3.09. The molecular weight excluding hydrogens is 242 g/mol. The average Bonchev–Trinajstić information content (AvgIpc) is 2.31. The highest BCUT2D eigenvalue weighted by atomic mass is 16.6. The molecule has 0 fully saturated rings. The first kappa shape index (κ1) is 13.4. The molecule has 0 saturated carbocycles. The summed E-state index contributed by atoms with van der Waals surface area (Å²) in [5.74, 6) is -0.185. The summed E-state index contributed by atoms with van der Waals surface area (Å²) >= 11 is 0. The van der Waals surface area contributed by atoms with Gasteiger partial charge in [0.25, 0.3) is 5.69 Å². The van der Waals surface area contributed by atoms with E-state index in [1.165, 1.54) is 6.07 Å². The molecule has 0 radical (unpaired) electrons. The Morgan fingerprint density at radius 1 is 1.67 bits per heavy atom. The number of aromatic hydroxyl groups is 1. The number of rotatable bonds is 4. The number of non-ortho nitro benzene ring substituents is 1. The van der Waals surface area contributed by atoms with Gasteiger partial charge in [0.15, 0.2) is 0 Å². The fourth-order valence-electron chi connectivity index (χ4n) is 1.08. The Kier molecular flexibility index (Phi) is 4.61. The molecule has 96 valence electrons. The number of nitro groups is 1. The van der Waals surface area contributed by atoms with Crippen molar-refractivity contribution in [1.29, 1.82) is 0 Å². The van der Waals surface area contributed by atoms with E-state index in [9.17, 15) is 20.0 Å². The summed E-state index contributed by atoms with van der Waals surface area (Å²) in [5.41, 5.74) is 1.96. The first-order valence-corrected chi connectivity index (χ1v) is 4.97. The lowest BCUT2D eigenvalue weighted by atomic mass is 10.2. The number of hydrogen-bond donors (Lipinski definition) is 2. The van der Waals surface area contributed by atoms with Gasteiger partial charge in [-0.15, -0.1) is 0 Å². The predicted octanol–water partition coefficient (Wildman–Crippen LogP) is 1.38. The van der Waals surface area contributed by atoms with Crippen LogP contribution >= 0.6 is 0 Å². The third-order valence-corrected chi connectivity index (χ3v) is 1.86. The maximum absolute atomic E-state index is 10.9. The molecule has 0 saturated heterocycles. The van der Waals surface area contributed by atoms with Crippen molar-refractivity contribution in [2.45, 2.75) is 6.92 Å². The highest BCUT2D eigenvalue weighted by molar-refractivity contribution is 5.85. The number of carbonyl (C=O) groups excluding carboxylic acids is 1. The molecule has 1 aromatic rings. The molecule has 0 bridgehead atoms. The molecule has 1 aromatic carbocycles. The van der Waals surface area contributed by atoms with Gasteiger partial charge in [0, 0.05) is 17.7 Å². The molecule has 0 heterocycles. The molecular formula is C10H11N3O5. The van der Waals surface area contributed by atoms with Crippen molar-refractivity contribution in [3.8, 4) is 5.75 Å². The quantitative estimate of drug-likeness (QED) is 0.478. The number of carbonyl (C=O) groups is 1. The van der Waals surface area contributed by atoms with Crippen molar-refractivity contribution in [3.63, 3.8) is 0 Å². The van der Waals surface area contributed by atoms with Crippen molar-refractivity contribution in [2.24, 2.45) is 5.10 Å². The Morgan fingerprint density at radius 2 is 2.39 bits per heavy atom. The van der Waals surface area contributed by atoms with Crippen LogP contribution < -0.4 is 5.43 Å². The molecule has 0 unspecified atom stereocenters. The minimum absolute atomic E-state index is 0.112. The largest absolute Gasteiger partial charge is 0.507 e. The maximum atomic E-state index is 10.9. The van der Waals surface area contributed by atoms with Gasteiger partial charge in [0.05, 0.1) is 17.7 Å². The van der Waals surface area contributed by atoms with Crippen LogP contribution in [0.3, 0.4) is 0 Å². The third-order valence-electron chi connectivity index (χ3n) is 1.86. The van der Waals surface area contributed by atoms with Gasteiger partial charge in [-0.05, 0) is 13.0 Å². The van der Waals surface area contributed by atoms with Gasteiger partial charge in [0.2, 0.25) is 0 Å². The smallest absolute Gasteiger partial charge is 0.427 e. The Bertz CT molecular complexity index is 486. The van der Waals surface area contributed by atoms with Crippen LogP contribution in [0.25, 0.3) is 0 Å². The normalized spacial score (nSPS) is 10.3. The van der Waals surface area contributed by atoms with Crippen LogP contribution in [0.15, 0.2) is 23.3 Å². The Balaban J connectivity index is 2.77. The van der Waals surface area contributed by atoms with Crippen molar-refractivity contribution in [1.82, 2.24) is 5.43 Å². The molecule has 0 atom stereocenters. The number of nitro benzene ring substituents is 1. The molecule has 8 nitrogen and oxygen atoms in total. The number of nitrogens with zero attached hydrogens (tertiary/aromatic N) is 2. The van der Waals surface area contributed by atoms with E-state index in [0.29, 0.717) is 0 Å². The van der Waals surface area contributed by atoms with Crippen LogP contribution in [0.4, 0.5) is 10.5 Å². The van der Waals surface area contributed by atoms with E-state index in [4.69, 9.17) is 0 Å². The van der Waals surface area contributed by atoms with Gasteiger partial charge in [-0.3, -0.25) is 10.1 Å². The topological polar surface area (TPSA) is 114 Å². The molecule has 2 N–H and O–H groups in total. The van der Waals surface area contributed by atoms with E-state index in [1.54, 1.807) is 6.92 Å². The third kappa shape index (κ3) is 3.74. The summed E-state index contributed by atoms with van der Waals surface area (Å²) < 4.78 is 4.54. The molecule has 0 aliphatic rings. The van der Waals surface area contributed by atoms with Crippen molar-refractivity contribution in [3.05, 3.63) is 33.9 Å². The summed E-state index contributed by atoms with van der Waals surface area (Å²) in [5, 5.41) is 23.4. The molecule has 0 spiro atoms. The van der Waals surface area contributed by atoms with E-state index in [0.717, 1.165) is 18.3 Å². The van der Waals surface area contributed by atoms with Crippen LogP contribution in [-0.4, -0.2) is 28.9 Å². The summed E-state index contributed by atoms with van der Waals surface area (Å²) in [7, 11) is 0. The standard InChI is InChI=1S/C10H11N3O5/c1-2-18-10(15)12-11-6-7-5-8(13(16)17)3-4-9(7)14/h3-6,14H,2H2,1H3,(H,12,15)/b11-6+. The Morgan fingerprint density at radius 3 is 3.00 bits per heavy atom. The molecule has 1 rings (SSSR count). The molecule has 0 aliphatic heterocycles. The zero-order valence-electron chi connectivity index (χ0n) is 9.49. The number of amides is 1. The minimum Gasteiger partial charge on any atom is -0.507 e. The molecule has 18 heavy (non-hydrogen) atoms. The van der Waals surface area contributed by atoms with Crippen LogP contribution in [0.1, 0.15) is 12.5 Å². The fraction of sp³-hybridized carbons (Fsp3) is 0.200. The van der Waals surface area contributed by atoms with E-state index >= 15 is 0 Å². The number of hydrogen-bond acceptors (Lipinski definition) is 6. The van der Waals surface area contributed by atoms with E-state index in [1.807, 2.05) is 5.43 Å². The maximum Gasteiger partial charge on any atom is 0.427 e. The van der Waals surface area contributed by atoms with Crippen LogP contribution in [0, 0.1) is 10.1 Å². The van der Waals surface area contributed by atoms with Crippen molar-refractivity contribution >= 4 is 18.0 Å². The summed E-state index contributed by atoms with van der Waals surface area (Å²) in [6.07, 6.45) is 0.331. The number of phenols is 1. The SMILES string of the molecule is CCOC(=O)N/N=C/c1cc([N+](=O)[O-])ccc1O. The Hall–Kier alpha value is -2.64. The zero-order valence-corrected chi connectivity index (χ0v) is 9.49. The van der Waals surface area contributed by atoms with Gasteiger partial charge in [-0.25, -0.2) is 10.2 Å². The average molecular weight is 253 g/mol. The van der Waals surface area contributed by atoms with Crippen molar-refractivity contribution in [2.75, 3.05) is 6.61 Å². The number of nitrogens with one attached hydrogen (secondary N) is 1. The van der Waals surface area contributed by atoms with Crippen LogP contribution in [0.2, 0.25) is 0 Å². The van der Waals surface area contributed by atoms with Crippen molar-refractivity contribution < 1.29 is 19.6 Å². The lowest BCUT2D eigenvalue weighted by molar-refractivity contribution is -0.384. The van der Waals surface area contributed by atoms with Crippen LogP contribution in [0.5, 0.6) is 5.75 Å². The first-order chi connectivity index (χ1) is 8.54. The summed E-state index contributed by atoms with van der Waals surface area (Å²) in [6.45, 7) is 1.83. The number of benzene rings is 1. The minimum atomic E-state index is -0.751. The lowest BCUT2D eigenvalue weighted by Crippen LogP contribution is -2.18. The number of phenolic OH excluding ortho intramolecular Hbond substituents is 1. The van der Waals surface area contributed by atoms with Gasteiger partial charge >= 0.3 is 6.09 Å². The monoisotopic (exact) mass is 253 g/mol.